The Kier molecular flexibility index (Phi) is 2.38. The van der Waals surface area contributed by atoms with Gasteiger partial charge in [0, 0.05) is 4.90 Å². The van der Waals surface area contributed by atoms with E-state index in [4.69, 9.17) is 17.8 Å². The molecule has 0 heterocycles. The SMILES string of the molecule is NS(=O)(=O)c1ccc2cc([S])ccc2c1. The molecule has 0 amide bonds. The van der Waals surface area contributed by atoms with Crippen molar-refractivity contribution in [1.82, 2.24) is 0 Å². The van der Waals surface area contributed by atoms with Crippen LogP contribution in [-0.4, -0.2) is 8.42 Å². The van der Waals surface area contributed by atoms with Crippen LogP contribution < -0.4 is 5.14 Å². The van der Waals surface area contributed by atoms with Gasteiger partial charge >= 0.3 is 0 Å². The van der Waals surface area contributed by atoms with Gasteiger partial charge in [0.25, 0.3) is 0 Å². The molecular formula is C10H8NO2S2. The lowest BCUT2D eigenvalue weighted by Crippen LogP contribution is -2.11. The Labute approximate surface area is 93.4 Å². The van der Waals surface area contributed by atoms with Crippen LogP contribution in [0, 0.1) is 0 Å². The van der Waals surface area contributed by atoms with Crippen molar-refractivity contribution in [2.45, 2.75) is 9.79 Å². The van der Waals surface area contributed by atoms with Crippen molar-refractivity contribution in [3.8, 4) is 0 Å². The molecule has 0 saturated carbocycles. The van der Waals surface area contributed by atoms with E-state index in [2.05, 4.69) is 0 Å². The summed E-state index contributed by atoms with van der Waals surface area (Å²) < 4.78 is 22.2. The molecule has 0 aromatic heterocycles. The van der Waals surface area contributed by atoms with Gasteiger partial charge in [0.05, 0.1) is 4.90 Å². The second kappa shape index (κ2) is 3.44. The maximum Gasteiger partial charge on any atom is 0.238 e. The van der Waals surface area contributed by atoms with E-state index >= 15 is 0 Å². The summed E-state index contributed by atoms with van der Waals surface area (Å²) in [5.41, 5.74) is 0. The number of rotatable bonds is 1. The third-order valence-corrected chi connectivity index (χ3v) is 3.28. The fourth-order valence-electron chi connectivity index (χ4n) is 1.38. The Morgan fingerprint density at radius 1 is 1.00 bits per heavy atom. The molecular weight excluding hydrogens is 230 g/mol. The van der Waals surface area contributed by atoms with E-state index < -0.39 is 10.0 Å². The molecule has 0 saturated heterocycles. The van der Waals surface area contributed by atoms with Crippen molar-refractivity contribution in [3.05, 3.63) is 36.4 Å². The molecule has 2 N–H and O–H groups in total. The molecule has 0 aliphatic heterocycles. The summed E-state index contributed by atoms with van der Waals surface area (Å²) in [6, 6.07) is 10.1. The van der Waals surface area contributed by atoms with Gasteiger partial charge < -0.3 is 0 Å². The lowest BCUT2D eigenvalue weighted by molar-refractivity contribution is 0.598. The van der Waals surface area contributed by atoms with Gasteiger partial charge in [0.15, 0.2) is 0 Å². The van der Waals surface area contributed by atoms with Crippen LogP contribution in [0.4, 0.5) is 0 Å². The van der Waals surface area contributed by atoms with Crippen LogP contribution in [-0.2, 0) is 10.0 Å². The molecule has 0 fully saturated rings. The molecule has 0 atom stereocenters. The highest BCUT2D eigenvalue weighted by Crippen LogP contribution is 2.21. The molecule has 5 heteroatoms. The predicted molar refractivity (Wildman–Crippen MR) is 61.2 cm³/mol. The van der Waals surface area contributed by atoms with Crippen LogP contribution in [0.1, 0.15) is 0 Å². The first-order chi connectivity index (χ1) is 6.97. The number of nitrogens with two attached hydrogens (primary N) is 1. The van der Waals surface area contributed by atoms with Crippen LogP contribution in [0.5, 0.6) is 0 Å². The quantitative estimate of drug-likeness (QED) is 0.826. The molecule has 0 bridgehead atoms. The van der Waals surface area contributed by atoms with Gasteiger partial charge in [-0.25, -0.2) is 13.6 Å². The molecule has 2 rings (SSSR count). The third kappa shape index (κ3) is 2.09. The standard InChI is InChI=1S/C10H8NO2S2/c11-15(12,13)10-4-2-7-5-9(14)3-1-8(7)6-10/h1-6H,(H2,11,12,13). The van der Waals surface area contributed by atoms with Crippen LogP contribution in [0.15, 0.2) is 46.2 Å². The number of benzene rings is 2. The van der Waals surface area contributed by atoms with Gasteiger partial charge in [-0.05, 0) is 35.0 Å². The molecule has 1 radical (unpaired) electrons. The van der Waals surface area contributed by atoms with Gasteiger partial charge in [-0.15, -0.1) is 0 Å². The largest absolute Gasteiger partial charge is 0.238 e. The van der Waals surface area contributed by atoms with E-state index in [1.54, 1.807) is 24.3 Å². The number of sulfonamides is 1. The molecule has 2 aromatic rings. The van der Waals surface area contributed by atoms with E-state index in [0.717, 1.165) is 15.7 Å². The van der Waals surface area contributed by atoms with E-state index in [1.807, 2.05) is 6.07 Å². The first kappa shape index (κ1) is 10.4. The van der Waals surface area contributed by atoms with E-state index in [-0.39, 0.29) is 4.90 Å². The number of fused-ring (bicyclic) bond motifs is 1. The molecule has 0 aliphatic rings. The molecule has 3 nitrogen and oxygen atoms in total. The second-order valence-electron chi connectivity index (χ2n) is 3.22. The Hall–Kier alpha value is -1.17. The average molecular weight is 238 g/mol. The topological polar surface area (TPSA) is 60.2 Å². The van der Waals surface area contributed by atoms with Crippen LogP contribution in [0.2, 0.25) is 0 Å². The zero-order valence-corrected chi connectivity index (χ0v) is 9.31. The lowest BCUT2D eigenvalue weighted by atomic mass is 10.1. The minimum absolute atomic E-state index is 0.118. The summed E-state index contributed by atoms with van der Waals surface area (Å²) >= 11 is 5.00. The van der Waals surface area contributed by atoms with E-state index in [1.165, 1.54) is 6.07 Å². The van der Waals surface area contributed by atoms with E-state index in [9.17, 15) is 8.42 Å². The first-order valence-corrected chi connectivity index (χ1v) is 6.16. The maximum atomic E-state index is 11.1. The van der Waals surface area contributed by atoms with Crippen molar-refractivity contribution in [1.29, 1.82) is 0 Å². The highest BCUT2D eigenvalue weighted by Gasteiger charge is 2.07. The van der Waals surface area contributed by atoms with Crippen LogP contribution >= 0.6 is 12.6 Å². The minimum Gasteiger partial charge on any atom is -0.225 e. The third-order valence-electron chi connectivity index (χ3n) is 2.11. The lowest BCUT2D eigenvalue weighted by Gasteiger charge is -2.01. The van der Waals surface area contributed by atoms with Gasteiger partial charge in [0.2, 0.25) is 10.0 Å². The fourth-order valence-corrected chi connectivity index (χ4v) is 2.12. The molecule has 2 aromatic carbocycles. The summed E-state index contributed by atoms with van der Waals surface area (Å²) in [5, 5.41) is 6.76. The monoisotopic (exact) mass is 238 g/mol. The number of hydrogen-bond donors (Lipinski definition) is 1. The number of hydrogen-bond acceptors (Lipinski definition) is 2. The highest BCUT2D eigenvalue weighted by molar-refractivity contribution is 7.89. The van der Waals surface area contributed by atoms with Gasteiger partial charge in [-0.3, -0.25) is 0 Å². The molecule has 0 unspecified atom stereocenters. The molecule has 15 heavy (non-hydrogen) atoms. The molecule has 77 valence electrons. The average Bonchev–Trinajstić information content (AvgIpc) is 2.15. The first-order valence-electron chi connectivity index (χ1n) is 4.20. The molecule has 0 spiro atoms. The summed E-state index contributed by atoms with van der Waals surface area (Å²) in [5.74, 6) is 0. The predicted octanol–water partition coefficient (Wildman–Crippen LogP) is 2.04. The normalized spacial score (nSPS) is 11.8. The Balaban J connectivity index is 2.73. The van der Waals surface area contributed by atoms with Crippen LogP contribution in [0.25, 0.3) is 10.8 Å². The van der Waals surface area contributed by atoms with Gasteiger partial charge in [0.1, 0.15) is 0 Å². The fraction of sp³-hybridized carbons (Fsp3) is 0. The molecule has 0 aliphatic carbocycles. The summed E-state index contributed by atoms with van der Waals surface area (Å²) in [6.07, 6.45) is 0. The van der Waals surface area contributed by atoms with Crippen molar-refractivity contribution in [2.24, 2.45) is 5.14 Å². The zero-order chi connectivity index (χ0) is 11.1. The number of primary sulfonamides is 1. The van der Waals surface area contributed by atoms with Crippen molar-refractivity contribution >= 4 is 33.4 Å². The highest BCUT2D eigenvalue weighted by atomic mass is 32.2. The maximum absolute atomic E-state index is 11.1. The Bertz CT molecular complexity index is 620. The van der Waals surface area contributed by atoms with Gasteiger partial charge in [-0.2, -0.15) is 0 Å². The Morgan fingerprint density at radius 2 is 1.60 bits per heavy atom. The summed E-state index contributed by atoms with van der Waals surface area (Å²) in [4.78, 5) is 0.845. The summed E-state index contributed by atoms with van der Waals surface area (Å²) in [7, 11) is -3.63. The minimum atomic E-state index is -3.63. The Morgan fingerprint density at radius 3 is 2.27 bits per heavy atom. The summed E-state index contributed by atoms with van der Waals surface area (Å²) in [6.45, 7) is 0. The zero-order valence-electron chi connectivity index (χ0n) is 7.67. The second-order valence-corrected chi connectivity index (χ2v) is 5.25. The van der Waals surface area contributed by atoms with E-state index in [0.29, 0.717) is 0 Å². The van der Waals surface area contributed by atoms with Gasteiger partial charge in [-0.1, -0.05) is 24.8 Å². The van der Waals surface area contributed by atoms with Crippen LogP contribution in [0.3, 0.4) is 0 Å². The van der Waals surface area contributed by atoms with Crippen molar-refractivity contribution < 1.29 is 8.42 Å². The van der Waals surface area contributed by atoms with Crippen molar-refractivity contribution in [2.75, 3.05) is 0 Å². The smallest absolute Gasteiger partial charge is 0.225 e. The van der Waals surface area contributed by atoms with Crippen molar-refractivity contribution in [3.63, 3.8) is 0 Å².